The van der Waals surface area contributed by atoms with Gasteiger partial charge in [0.2, 0.25) is 0 Å². The number of H-pyrrole nitrogens is 1. The van der Waals surface area contributed by atoms with Crippen LogP contribution in [0.1, 0.15) is 11.1 Å². The van der Waals surface area contributed by atoms with Crippen molar-refractivity contribution in [1.29, 1.82) is 5.26 Å². The lowest BCUT2D eigenvalue weighted by atomic mass is 10.2. The lowest BCUT2D eigenvalue weighted by molar-refractivity contribution is -0.0997. The van der Waals surface area contributed by atoms with Gasteiger partial charge in [0, 0.05) is 16.8 Å². The molecular weight excluding hydrogens is 415 g/mol. The van der Waals surface area contributed by atoms with Gasteiger partial charge < -0.3 is 14.7 Å². The Morgan fingerprint density at radius 1 is 1.38 bits per heavy atom. The lowest BCUT2D eigenvalue weighted by Gasteiger charge is -2.31. The maximum Gasteiger partial charge on any atom is 0.436 e. The molecule has 1 aromatic carbocycles. The third-order valence-corrected chi connectivity index (χ3v) is 3.99. The van der Waals surface area contributed by atoms with Crippen LogP contribution in [0.15, 0.2) is 51.7 Å². The van der Waals surface area contributed by atoms with Crippen LogP contribution in [0.25, 0.3) is 0 Å². The Morgan fingerprint density at radius 3 is 2.79 bits per heavy atom. The molecule has 0 saturated carbocycles. The van der Waals surface area contributed by atoms with E-state index in [2.05, 4.69) is 15.2 Å². The Bertz CT molecular complexity index is 1090. The number of nitrogens with zero attached hydrogens (tertiary/aromatic N) is 4. The highest BCUT2D eigenvalue weighted by Gasteiger charge is 2.43. The number of rotatable bonds is 4. The van der Waals surface area contributed by atoms with E-state index in [9.17, 15) is 23.1 Å². The van der Waals surface area contributed by atoms with Gasteiger partial charge in [-0.3, -0.25) is 4.79 Å². The van der Waals surface area contributed by atoms with Crippen molar-refractivity contribution in [3.05, 3.63) is 68.4 Å². The number of benzene rings is 1. The Hall–Kier alpha value is -3.36. The molecule has 0 spiro atoms. The van der Waals surface area contributed by atoms with E-state index < -0.39 is 29.4 Å². The minimum Gasteiger partial charge on any atom is -0.455 e. The van der Waals surface area contributed by atoms with E-state index >= 15 is 0 Å². The highest BCUT2D eigenvalue weighted by atomic mass is 35.5. The molecule has 2 N–H and O–H groups in total. The number of allylic oxidation sites excluding steroid dienone is 1. The molecule has 1 aromatic heterocycles. The van der Waals surface area contributed by atoms with Crippen molar-refractivity contribution < 1.29 is 23.0 Å². The molecule has 0 radical (unpaired) electrons. The zero-order valence-electron chi connectivity index (χ0n) is 14.3. The first kappa shape index (κ1) is 20.4. The molecule has 0 bridgehead atoms. The minimum absolute atomic E-state index is 0.0515. The van der Waals surface area contributed by atoms with Crippen molar-refractivity contribution in [2.24, 2.45) is 4.99 Å². The van der Waals surface area contributed by atoms with Crippen molar-refractivity contribution in [3.8, 4) is 11.8 Å². The second-order valence-electron chi connectivity index (χ2n) is 5.80. The largest absolute Gasteiger partial charge is 0.455 e. The van der Waals surface area contributed by atoms with Crippen molar-refractivity contribution in [3.63, 3.8) is 0 Å². The Kier molecular flexibility index (Phi) is 5.58. The van der Waals surface area contributed by atoms with Crippen molar-refractivity contribution in [1.82, 2.24) is 15.1 Å². The summed E-state index contributed by atoms with van der Waals surface area (Å²) in [5.41, 5.74) is -1.84. The standard InChI is InChI=1S/C17H11ClF3N5O3/c18-11-3-9(6-22)4-12(5-11)29-13-14(17(19,20)21)23-8-26(16(13)28)7-10-1-2-24-25-15(10)27/h1-5,8,16,28H,7H2,(H,25,27). The monoisotopic (exact) mass is 425 g/mol. The van der Waals surface area contributed by atoms with Gasteiger partial charge in [0.1, 0.15) is 5.75 Å². The number of nitrogens with one attached hydrogen (secondary N) is 1. The van der Waals surface area contributed by atoms with Crippen LogP contribution in [0.4, 0.5) is 13.2 Å². The van der Waals surface area contributed by atoms with Crippen LogP contribution in [-0.2, 0) is 6.54 Å². The molecule has 8 nitrogen and oxygen atoms in total. The molecule has 3 rings (SSSR count). The zero-order chi connectivity index (χ0) is 21.2. The number of alkyl halides is 3. The van der Waals surface area contributed by atoms with Crippen LogP contribution in [0.2, 0.25) is 5.02 Å². The summed E-state index contributed by atoms with van der Waals surface area (Å²) in [4.78, 5) is 16.1. The molecule has 2 aromatic rings. The van der Waals surface area contributed by atoms with Gasteiger partial charge in [-0.2, -0.15) is 23.5 Å². The maximum atomic E-state index is 13.4. The van der Waals surface area contributed by atoms with E-state index in [1.807, 2.05) is 0 Å². The van der Waals surface area contributed by atoms with E-state index in [0.29, 0.717) is 0 Å². The maximum absolute atomic E-state index is 13.4. The van der Waals surface area contributed by atoms with Gasteiger partial charge >= 0.3 is 6.18 Å². The fraction of sp³-hybridized carbons (Fsp3) is 0.176. The molecule has 0 amide bonds. The topological polar surface area (TPSA) is 115 Å². The molecule has 1 aliphatic rings. The average Bonchev–Trinajstić information content (AvgIpc) is 2.65. The molecule has 2 heterocycles. The summed E-state index contributed by atoms with van der Waals surface area (Å²) in [5, 5.41) is 25.2. The van der Waals surface area contributed by atoms with Crippen LogP contribution in [0, 0.1) is 11.3 Å². The van der Waals surface area contributed by atoms with Gasteiger partial charge in [0.05, 0.1) is 24.5 Å². The molecule has 0 saturated heterocycles. The number of ether oxygens (including phenoxy) is 1. The van der Waals surface area contributed by atoms with E-state index in [-0.39, 0.29) is 28.4 Å². The fourth-order valence-corrected chi connectivity index (χ4v) is 2.70. The zero-order valence-corrected chi connectivity index (χ0v) is 15.1. The quantitative estimate of drug-likeness (QED) is 0.777. The van der Waals surface area contributed by atoms with Gasteiger partial charge in [-0.25, -0.2) is 10.1 Å². The van der Waals surface area contributed by atoms with Crippen molar-refractivity contribution >= 4 is 17.9 Å². The molecule has 150 valence electrons. The molecule has 1 aliphatic heterocycles. The van der Waals surface area contributed by atoms with Gasteiger partial charge in [0.25, 0.3) is 5.56 Å². The van der Waals surface area contributed by atoms with E-state index in [1.165, 1.54) is 24.4 Å². The molecule has 1 unspecified atom stereocenters. The highest BCUT2D eigenvalue weighted by Crippen LogP contribution is 2.35. The molecular formula is C17H11ClF3N5O3. The van der Waals surface area contributed by atoms with Crippen LogP contribution < -0.4 is 10.3 Å². The summed E-state index contributed by atoms with van der Waals surface area (Å²) in [6.07, 6.45) is -4.79. The number of aliphatic hydroxyl groups excluding tert-OH is 1. The number of aliphatic hydroxyl groups is 1. The normalized spacial score (nSPS) is 16.7. The Balaban J connectivity index is 1.98. The Morgan fingerprint density at radius 2 is 2.14 bits per heavy atom. The predicted octanol–water partition coefficient (Wildman–Crippen LogP) is 2.31. The van der Waals surface area contributed by atoms with E-state index in [0.717, 1.165) is 17.3 Å². The third kappa shape index (κ3) is 4.56. The number of hydrogen-bond acceptors (Lipinski definition) is 7. The van der Waals surface area contributed by atoms with E-state index in [1.54, 1.807) is 6.07 Å². The summed E-state index contributed by atoms with van der Waals surface area (Å²) < 4.78 is 45.4. The first-order chi connectivity index (χ1) is 13.7. The first-order valence-electron chi connectivity index (χ1n) is 7.89. The SMILES string of the molecule is N#Cc1cc(Cl)cc(OC2=C(C(F)(F)F)N=CN(Cc3ccn[nH]c3=O)C2O)c1. The Labute approximate surface area is 166 Å². The number of aliphatic imine (C=N–C) groups is 1. The third-order valence-electron chi connectivity index (χ3n) is 3.77. The summed E-state index contributed by atoms with van der Waals surface area (Å²) in [6.45, 7) is -0.264. The van der Waals surface area contributed by atoms with Gasteiger partial charge in [0.15, 0.2) is 17.7 Å². The molecule has 0 aliphatic carbocycles. The van der Waals surface area contributed by atoms with Gasteiger partial charge in [-0.05, 0) is 24.3 Å². The molecule has 1 atom stereocenters. The average molecular weight is 426 g/mol. The summed E-state index contributed by atoms with van der Waals surface area (Å²) in [5.74, 6) is -1.11. The molecule has 29 heavy (non-hydrogen) atoms. The van der Waals surface area contributed by atoms with Gasteiger partial charge in [-0.15, -0.1) is 0 Å². The number of hydrogen-bond donors (Lipinski definition) is 2. The second kappa shape index (κ2) is 7.94. The van der Waals surface area contributed by atoms with Crippen LogP contribution in [0.3, 0.4) is 0 Å². The van der Waals surface area contributed by atoms with Crippen molar-refractivity contribution in [2.75, 3.05) is 0 Å². The number of aromatic amines is 1. The van der Waals surface area contributed by atoms with Crippen molar-refractivity contribution in [2.45, 2.75) is 18.9 Å². The fourth-order valence-electron chi connectivity index (χ4n) is 2.48. The number of nitriles is 1. The first-order valence-corrected chi connectivity index (χ1v) is 8.27. The summed E-state index contributed by atoms with van der Waals surface area (Å²) >= 11 is 5.85. The smallest absolute Gasteiger partial charge is 0.436 e. The van der Waals surface area contributed by atoms with E-state index in [4.69, 9.17) is 21.6 Å². The predicted molar refractivity (Wildman–Crippen MR) is 94.8 cm³/mol. The second-order valence-corrected chi connectivity index (χ2v) is 6.24. The lowest BCUT2D eigenvalue weighted by Crippen LogP contribution is -2.42. The molecule has 12 heteroatoms. The van der Waals surface area contributed by atoms with Crippen LogP contribution in [-0.4, -0.2) is 38.9 Å². The van der Waals surface area contributed by atoms with Gasteiger partial charge in [-0.1, -0.05) is 11.6 Å². The number of aromatic nitrogens is 2. The van der Waals surface area contributed by atoms with Crippen LogP contribution in [0.5, 0.6) is 5.75 Å². The minimum atomic E-state index is -4.93. The van der Waals surface area contributed by atoms with Crippen LogP contribution >= 0.6 is 11.6 Å². The number of halogens is 4. The highest BCUT2D eigenvalue weighted by molar-refractivity contribution is 6.30. The molecule has 0 fully saturated rings. The summed E-state index contributed by atoms with van der Waals surface area (Å²) in [6, 6.07) is 6.79. The summed E-state index contributed by atoms with van der Waals surface area (Å²) in [7, 11) is 0.